The summed E-state index contributed by atoms with van der Waals surface area (Å²) in [6.45, 7) is 1.28. The highest BCUT2D eigenvalue weighted by Gasteiger charge is 2.33. The molecule has 0 bridgehead atoms. The number of carbonyl (C=O) groups is 2. The fraction of sp³-hybridized carbons (Fsp3) is 0.214. The minimum atomic E-state index is -0.639. The summed E-state index contributed by atoms with van der Waals surface area (Å²) in [5, 5.41) is 0. The topological polar surface area (TPSA) is 114 Å². The molecule has 1 aliphatic rings. The molecule has 1 aliphatic carbocycles. The molecule has 1 atom stereocenters. The van der Waals surface area contributed by atoms with Crippen molar-refractivity contribution in [2.75, 3.05) is 0 Å². The van der Waals surface area contributed by atoms with Gasteiger partial charge in [-0.1, -0.05) is 72.8 Å². The monoisotopic (exact) mass is 472 g/mol. The highest BCUT2D eigenvalue weighted by atomic mass is 17.2. The molecule has 7 heteroatoms. The van der Waals surface area contributed by atoms with Gasteiger partial charge in [0.25, 0.3) is 0 Å². The number of nitrogens with two attached hydrogens (primary N) is 2. The summed E-state index contributed by atoms with van der Waals surface area (Å²) in [4.78, 5) is 38.9. The Morgan fingerprint density at radius 1 is 0.914 bits per heavy atom. The molecule has 3 aromatic rings. The molecule has 4 rings (SSSR count). The van der Waals surface area contributed by atoms with E-state index in [0.29, 0.717) is 36.3 Å². The van der Waals surface area contributed by atoms with Crippen molar-refractivity contribution in [3.63, 3.8) is 0 Å². The number of hydrogen-bond acceptors (Lipinski definition) is 7. The van der Waals surface area contributed by atoms with E-state index in [1.54, 1.807) is 6.07 Å². The van der Waals surface area contributed by atoms with Crippen molar-refractivity contribution in [2.45, 2.75) is 32.1 Å². The Morgan fingerprint density at radius 2 is 1.54 bits per heavy atom. The average Bonchev–Trinajstić information content (AvgIpc) is 2.88. The van der Waals surface area contributed by atoms with Crippen molar-refractivity contribution in [1.29, 1.82) is 0 Å². The van der Waals surface area contributed by atoms with Crippen LogP contribution in [-0.4, -0.2) is 11.9 Å². The van der Waals surface area contributed by atoms with Crippen LogP contribution in [-0.2, 0) is 32.2 Å². The van der Waals surface area contributed by atoms with Gasteiger partial charge in [-0.25, -0.2) is 9.59 Å². The number of carbonyl (C=O) groups excluding carboxylic acids is 2. The van der Waals surface area contributed by atoms with E-state index >= 15 is 0 Å². The summed E-state index contributed by atoms with van der Waals surface area (Å²) in [5.41, 5.74) is 11.4. The first-order chi connectivity index (χ1) is 17.0. The fourth-order valence-electron chi connectivity index (χ4n) is 4.78. The normalized spacial score (nSPS) is 15.6. The molecule has 0 amide bonds. The minimum absolute atomic E-state index is 0.211. The average molecular weight is 473 g/mol. The van der Waals surface area contributed by atoms with Crippen LogP contribution in [0.1, 0.15) is 41.5 Å². The van der Waals surface area contributed by atoms with Gasteiger partial charge in [-0.05, 0) is 47.9 Å². The zero-order chi connectivity index (χ0) is 24.8. The van der Waals surface area contributed by atoms with Crippen LogP contribution in [0, 0.1) is 5.92 Å². The predicted octanol–water partition coefficient (Wildman–Crippen LogP) is 4.11. The van der Waals surface area contributed by atoms with E-state index in [9.17, 15) is 9.59 Å². The quantitative estimate of drug-likeness (QED) is 0.302. The van der Waals surface area contributed by atoms with Gasteiger partial charge < -0.3 is 10.6 Å². The molecule has 3 aromatic carbocycles. The van der Waals surface area contributed by atoms with Crippen LogP contribution < -0.4 is 16.5 Å². The van der Waals surface area contributed by atoms with Crippen LogP contribution in [0.2, 0.25) is 0 Å². The molecule has 0 aromatic heterocycles. The third-order valence-corrected chi connectivity index (χ3v) is 6.31. The van der Waals surface area contributed by atoms with Crippen LogP contribution in [0.3, 0.4) is 0 Å². The van der Waals surface area contributed by atoms with Crippen LogP contribution in [0.25, 0.3) is 0 Å². The van der Waals surface area contributed by atoms with Gasteiger partial charge in [-0.15, -0.1) is 0 Å². The Bertz CT molecular complexity index is 1190. The molecule has 4 N–H and O–H groups in total. The van der Waals surface area contributed by atoms with E-state index in [-0.39, 0.29) is 11.8 Å². The summed E-state index contributed by atoms with van der Waals surface area (Å²) >= 11 is 0. The smallest absolute Gasteiger partial charge is 0.354 e. The lowest BCUT2D eigenvalue weighted by atomic mass is 9.76. The van der Waals surface area contributed by atoms with Crippen molar-refractivity contribution in [3.8, 4) is 5.75 Å². The lowest BCUT2D eigenvalue weighted by Gasteiger charge is -2.29. The van der Waals surface area contributed by atoms with Gasteiger partial charge in [-0.3, -0.25) is 9.78 Å². The van der Waals surface area contributed by atoms with E-state index in [4.69, 9.17) is 26.2 Å². The zero-order valence-corrected chi connectivity index (χ0v) is 19.5. The Morgan fingerprint density at radius 3 is 2.11 bits per heavy atom. The largest absolute Gasteiger partial charge is 0.401 e. The van der Waals surface area contributed by atoms with E-state index in [0.717, 1.165) is 22.3 Å². The first-order valence-electron chi connectivity index (χ1n) is 11.5. The van der Waals surface area contributed by atoms with Crippen molar-refractivity contribution >= 4 is 11.9 Å². The molecule has 35 heavy (non-hydrogen) atoms. The van der Waals surface area contributed by atoms with Crippen LogP contribution in [0.5, 0.6) is 5.75 Å². The first-order valence-corrected chi connectivity index (χ1v) is 11.5. The van der Waals surface area contributed by atoms with Gasteiger partial charge in [0.15, 0.2) is 5.75 Å². The SMILES string of the molecule is CC(=O)OOc1cccc2c1CCC(C(C(=O)ON)=C(N)C(c1ccccc1)c1ccccc1)C2. The fourth-order valence-corrected chi connectivity index (χ4v) is 4.78. The maximum absolute atomic E-state index is 13.0. The number of rotatable bonds is 7. The van der Waals surface area contributed by atoms with E-state index in [2.05, 4.69) is 0 Å². The number of hydrogen-bond donors (Lipinski definition) is 2. The van der Waals surface area contributed by atoms with Crippen molar-refractivity contribution in [1.82, 2.24) is 0 Å². The van der Waals surface area contributed by atoms with Crippen LogP contribution in [0.15, 0.2) is 90.1 Å². The first kappa shape index (κ1) is 24.0. The molecule has 0 spiro atoms. The summed E-state index contributed by atoms with van der Waals surface area (Å²) in [7, 11) is 0. The van der Waals surface area contributed by atoms with Crippen molar-refractivity contribution in [3.05, 3.63) is 112 Å². The summed E-state index contributed by atoms with van der Waals surface area (Å²) in [6, 6.07) is 25.2. The third kappa shape index (κ3) is 5.36. The van der Waals surface area contributed by atoms with Gasteiger partial charge >= 0.3 is 11.9 Å². The molecule has 0 fully saturated rings. The highest BCUT2D eigenvalue weighted by Crippen LogP contribution is 2.39. The summed E-state index contributed by atoms with van der Waals surface area (Å²) < 4.78 is 0. The van der Waals surface area contributed by atoms with Gasteiger partial charge in [-0.2, -0.15) is 5.90 Å². The maximum atomic E-state index is 13.0. The molecule has 7 nitrogen and oxygen atoms in total. The maximum Gasteiger partial charge on any atom is 0.354 e. The Labute approximate surface area is 204 Å². The molecule has 0 saturated carbocycles. The summed E-state index contributed by atoms with van der Waals surface area (Å²) in [6.07, 6.45) is 1.76. The molecular formula is C28H28N2O5. The molecule has 0 heterocycles. The van der Waals surface area contributed by atoms with Gasteiger partial charge in [0.05, 0.1) is 5.57 Å². The number of benzene rings is 3. The molecule has 180 valence electrons. The lowest BCUT2D eigenvalue weighted by molar-refractivity contribution is -0.211. The molecule has 1 unspecified atom stereocenters. The van der Waals surface area contributed by atoms with E-state index < -0.39 is 11.9 Å². The predicted molar refractivity (Wildman–Crippen MR) is 131 cm³/mol. The highest BCUT2D eigenvalue weighted by molar-refractivity contribution is 5.90. The summed E-state index contributed by atoms with van der Waals surface area (Å²) in [5.74, 6) is 4.14. The van der Waals surface area contributed by atoms with E-state index in [1.165, 1.54) is 6.92 Å². The van der Waals surface area contributed by atoms with Crippen LogP contribution >= 0.6 is 0 Å². The second-order valence-corrected chi connectivity index (χ2v) is 8.52. The standard InChI is InChI=1S/C28H28N2O5/c1-18(31)34-35-24-14-8-13-21-17-22(15-16-23(21)24)26(28(32)33-30)27(29)25(19-9-4-2-5-10-19)20-11-6-3-7-12-20/h2-14,22,25H,15-17,29-30H2,1H3. The second-order valence-electron chi connectivity index (χ2n) is 8.52. The van der Waals surface area contributed by atoms with Gasteiger partial charge in [0.1, 0.15) is 0 Å². The molecular weight excluding hydrogens is 444 g/mol. The number of allylic oxidation sites excluding steroid dienone is 1. The Hall–Kier alpha value is -4.10. The third-order valence-electron chi connectivity index (χ3n) is 6.31. The van der Waals surface area contributed by atoms with Gasteiger partial charge in [0.2, 0.25) is 0 Å². The van der Waals surface area contributed by atoms with Crippen molar-refractivity contribution < 1.29 is 24.2 Å². The van der Waals surface area contributed by atoms with Gasteiger partial charge in [0, 0.05) is 24.1 Å². The van der Waals surface area contributed by atoms with Crippen molar-refractivity contribution in [2.24, 2.45) is 17.5 Å². The minimum Gasteiger partial charge on any atom is -0.401 e. The Balaban J connectivity index is 1.75. The Kier molecular flexibility index (Phi) is 7.48. The molecule has 0 saturated heterocycles. The second kappa shape index (κ2) is 10.9. The number of fused-ring (bicyclic) bond motifs is 1. The molecule has 0 radical (unpaired) electrons. The van der Waals surface area contributed by atoms with E-state index in [1.807, 2.05) is 72.8 Å². The lowest BCUT2D eigenvalue weighted by Crippen LogP contribution is -2.29. The zero-order valence-electron chi connectivity index (χ0n) is 19.5. The van der Waals surface area contributed by atoms with Crippen LogP contribution in [0.4, 0.5) is 0 Å². The molecule has 0 aliphatic heterocycles.